The topological polar surface area (TPSA) is 142 Å². The van der Waals surface area contributed by atoms with E-state index in [0.717, 1.165) is 44.2 Å². The number of fused-ring (bicyclic) bond motifs is 2. The normalized spacial score (nSPS) is 12.1. The Labute approximate surface area is 195 Å². The summed E-state index contributed by atoms with van der Waals surface area (Å²) in [7, 11) is 0. The number of carbonyl (C=O) groups is 2. The molecule has 8 nitrogen and oxygen atoms in total. The third kappa shape index (κ3) is 3.61. The summed E-state index contributed by atoms with van der Waals surface area (Å²) in [5.41, 5.74) is 9.95. The number of nitrogen functional groups attached to an aromatic ring is 1. The van der Waals surface area contributed by atoms with Crippen LogP contribution in [0.15, 0.2) is 78.9 Å². The van der Waals surface area contributed by atoms with E-state index in [0.29, 0.717) is 5.69 Å². The second-order valence-corrected chi connectivity index (χ2v) is 8.08. The van der Waals surface area contributed by atoms with E-state index in [1.807, 2.05) is 78.9 Å². The number of nitrogens with one attached hydrogen (secondary N) is 4. The number of hydrogen-bond acceptors (Lipinski definition) is 4. The molecule has 0 aliphatic rings. The van der Waals surface area contributed by atoms with E-state index in [1.165, 1.54) is 0 Å². The molecule has 5 aromatic rings. The van der Waals surface area contributed by atoms with E-state index in [-0.39, 0.29) is 18.2 Å². The summed E-state index contributed by atoms with van der Waals surface area (Å²) in [4.78, 5) is 31.9. The van der Waals surface area contributed by atoms with Crippen molar-refractivity contribution in [2.24, 2.45) is 11.7 Å². The van der Waals surface area contributed by atoms with Gasteiger partial charge in [0.15, 0.2) is 0 Å². The summed E-state index contributed by atoms with van der Waals surface area (Å²) >= 11 is 0. The molecule has 5 rings (SSSR count). The van der Waals surface area contributed by atoms with Crippen molar-refractivity contribution >= 4 is 33.6 Å². The van der Waals surface area contributed by atoms with E-state index in [9.17, 15) is 9.59 Å². The standard InChI is InChI=1S/C26H24N6O2/c27-31-21(33)14-20-23(16-10-4-6-12-18(16)29-20)22(15-8-2-1-3-9-15)24-17-11-5-7-13-19(17)30-25(24)26(34)32-28/h1-13,22,29-30H,14,27-28H2,(H,31,33)(H,32,34). The van der Waals surface area contributed by atoms with Gasteiger partial charge in [-0.1, -0.05) is 66.7 Å². The number of rotatable bonds is 6. The number of aromatic amines is 2. The van der Waals surface area contributed by atoms with Gasteiger partial charge in [-0.2, -0.15) is 0 Å². The second kappa shape index (κ2) is 8.86. The van der Waals surface area contributed by atoms with E-state index in [1.54, 1.807) is 0 Å². The summed E-state index contributed by atoms with van der Waals surface area (Å²) in [6.45, 7) is 0. The van der Waals surface area contributed by atoms with Crippen LogP contribution in [0.4, 0.5) is 0 Å². The highest BCUT2D eigenvalue weighted by molar-refractivity contribution is 6.02. The Morgan fingerprint density at radius 3 is 1.97 bits per heavy atom. The Hall–Kier alpha value is -4.40. The first-order valence-electron chi connectivity index (χ1n) is 10.9. The van der Waals surface area contributed by atoms with E-state index < -0.39 is 5.91 Å². The zero-order chi connectivity index (χ0) is 23.7. The highest BCUT2D eigenvalue weighted by Crippen LogP contribution is 2.43. The van der Waals surface area contributed by atoms with Crippen molar-refractivity contribution in [3.05, 3.63) is 107 Å². The van der Waals surface area contributed by atoms with Crippen molar-refractivity contribution in [1.29, 1.82) is 0 Å². The van der Waals surface area contributed by atoms with Crippen LogP contribution < -0.4 is 22.5 Å². The minimum atomic E-state index is -0.423. The van der Waals surface area contributed by atoms with Gasteiger partial charge in [0.2, 0.25) is 5.91 Å². The molecule has 1 unspecified atom stereocenters. The molecule has 0 radical (unpaired) electrons. The number of H-pyrrole nitrogens is 2. The molecule has 0 spiro atoms. The Bertz CT molecular complexity index is 1500. The first-order valence-corrected chi connectivity index (χ1v) is 10.9. The summed E-state index contributed by atoms with van der Waals surface area (Å²) in [6, 6.07) is 25.5. The zero-order valence-electron chi connectivity index (χ0n) is 18.3. The van der Waals surface area contributed by atoms with Crippen molar-refractivity contribution in [1.82, 2.24) is 20.8 Å². The first kappa shape index (κ1) is 21.4. The Morgan fingerprint density at radius 2 is 1.32 bits per heavy atom. The maximum absolute atomic E-state index is 12.9. The second-order valence-electron chi connectivity index (χ2n) is 8.08. The quantitative estimate of drug-likeness (QED) is 0.134. The van der Waals surface area contributed by atoms with Crippen LogP contribution in [-0.2, 0) is 11.2 Å². The number of hydrazine groups is 2. The molecule has 2 aromatic heterocycles. The zero-order valence-corrected chi connectivity index (χ0v) is 18.3. The summed E-state index contributed by atoms with van der Waals surface area (Å²) in [5.74, 6) is 9.86. The number of nitrogens with two attached hydrogens (primary N) is 2. The maximum Gasteiger partial charge on any atom is 0.281 e. The molecule has 8 heteroatoms. The third-order valence-electron chi connectivity index (χ3n) is 6.14. The molecule has 2 amide bonds. The lowest BCUT2D eigenvalue weighted by atomic mass is 9.81. The van der Waals surface area contributed by atoms with Crippen LogP contribution in [0.25, 0.3) is 21.8 Å². The largest absolute Gasteiger partial charge is 0.358 e. The molecular weight excluding hydrogens is 428 g/mol. The lowest BCUT2D eigenvalue weighted by molar-refractivity contribution is -0.120. The molecule has 0 fully saturated rings. The lowest BCUT2D eigenvalue weighted by Gasteiger charge is -2.21. The van der Waals surface area contributed by atoms with Gasteiger partial charge in [0.05, 0.1) is 6.42 Å². The lowest BCUT2D eigenvalue weighted by Crippen LogP contribution is -2.32. The molecule has 8 N–H and O–H groups in total. The SMILES string of the molecule is NNC(=O)Cc1[nH]c2ccccc2c1C(c1ccccc1)c1c(C(=O)NN)[nH]c2ccccc12. The molecule has 0 aliphatic heterocycles. The monoisotopic (exact) mass is 452 g/mol. The number of amides is 2. The van der Waals surface area contributed by atoms with Crippen LogP contribution in [0.1, 0.15) is 38.8 Å². The molecule has 34 heavy (non-hydrogen) atoms. The predicted molar refractivity (Wildman–Crippen MR) is 132 cm³/mol. The van der Waals surface area contributed by atoms with Gasteiger partial charge < -0.3 is 9.97 Å². The average molecular weight is 453 g/mol. The number of aromatic nitrogens is 2. The van der Waals surface area contributed by atoms with Crippen LogP contribution >= 0.6 is 0 Å². The molecule has 1 atom stereocenters. The van der Waals surface area contributed by atoms with Gasteiger partial charge in [-0.25, -0.2) is 11.7 Å². The molecule has 0 saturated heterocycles. The Kier molecular flexibility index (Phi) is 5.59. The summed E-state index contributed by atoms with van der Waals surface area (Å²) in [6.07, 6.45) is 0.0601. The minimum absolute atomic E-state index is 0.0601. The van der Waals surface area contributed by atoms with Gasteiger partial charge in [0.25, 0.3) is 5.91 Å². The van der Waals surface area contributed by atoms with Crippen molar-refractivity contribution < 1.29 is 9.59 Å². The van der Waals surface area contributed by atoms with Crippen LogP contribution in [0.3, 0.4) is 0 Å². The molecule has 2 heterocycles. The van der Waals surface area contributed by atoms with Crippen LogP contribution in [0.5, 0.6) is 0 Å². The third-order valence-corrected chi connectivity index (χ3v) is 6.14. The number of para-hydroxylation sites is 2. The fraction of sp³-hybridized carbons (Fsp3) is 0.0769. The van der Waals surface area contributed by atoms with Crippen LogP contribution in [0.2, 0.25) is 0 Å². The number of benzene rings is 3. The fourth-order valence-electron chi connectivity index (χ4n) is 4.74. The fourth-order valence-corrected chi connectivity index (χ4v) is 4.74. The van der Waals surface area contributed by atoms with Gasteiger partial charge in [0.1, 0.15) is 5.69 Å². The number of hydrogen-bond donors (Lipinski definition) is 6. The van der Waals surface area contributed by atoms with E-state index in [4.69, 9.17) is 11.7 Å². The van der Waals surface area contributed by atoms with Gasteiger partial charge in [-0.05, 0) is 23.3 Å². The number of carbonyl (C=O) groups excluding carboxylic acids is 2. The maximum atomic E-state index is 12.9. The molecule has 0 aliphatic carbocycles. The van der Waals surface area contributed by atoms with Gasteiger partial charge in [0, 0.05) is 39.0 Å². The van der Waals surface area contributed by atoms with Crippen molar-refractivity contribution in [2.75, 3.05) is 0 Å². The smallest absolute Gasteiger partial charge is 0.281 e. The predicted octanol–water partition coefficient (Wildman–Crippen LogP) is 2.97. The summed E-state index contributed by atoms with van der Waals surface area (Å²) < 4.78 is 0. The van der Waals surface area contributed by atoms with Crippen molar-refractivity contribution in [2.45, 2.75) is 12.3 Å². The van der Waals surface area contributed by atoms with Crippen LogP contribution in [0, 0.1) is 0 Å². The first-order chi connectivity index (χ1) is 16.6. The van der Waals surface area contributed by atoms with Crippen molar-refractivity contribution in [3.8, 4) is 0 Å². The van der Waals surface area contributed by atoms with Gasteiger partial charge in [-0.3, -0.25) is 20.4 Å². The molecule has 0 bridgehead atoms. The van der Waals surface area contributed by atoms with Crippen LogP contribution in [-0.4, -0.2) is 21.8 Å². The highest BCUT2D eigenvalue weighted by atomic mass is 16.2. The molecule has 3 aromatic carbocycles. The molecular formula is C26H24N6O2. The minimum Gasteiger partial charge on any atom is -0.358 e. The van der Waals surface area contributed by atoms with Crippen molar-refractivity contribution in [3.63, 3.8) is 0 Å². The highest BCUT2D eigenvalue weighted by Gasteiger charge is 2.31. The Balaban J connectivity index is 1.89. The average Bonchev–Trinajstić information content (AvgIpc) is 3.43. The molecule has 170 valence electrons. The van der Waals surface area contributed by atoms with E-state index >= 15 is 0 Å². The Morgan fingerprint density at radius 1 is 0.735 bits per heavy atom. The summed E-state index contributed by atoms with van der Waals surface area (Å²) in [5, 5.41) is 1.86. The van der Waals surface area contributed by atoms with E-state index in [2.05, 4.69) is 20.8 Å². The van der Waals surface area contributed by atoms with Gasteiger partial charge >= 0.3 is 0 Å². The van der Waals surface area contributed by atoms with Gasteiger partial charge in [-0.15, -0.1) is 0 Å². The molecule has 0 saturated carbocycles.